The molecule has 0 saturated carbocycles. The van der Waals surface area contributed by atoms with E-state index in [9.17, 15) is 4.79 Å². The lowest BCUT2D eigenvalue weighted by Crippen LogP contribution is -2.38. The summed E-state index contributed by atoms with van der Waals surface area (Å²) in [7, 11) is 1.85. The summed E-state index contributed by atoms with van der Waals surface area (Å²) in [4.78, 5) is 14.4. The van der Waals surface area contributed by atoms with Gasteiger partial charge in [-0.15, -0.1) is 12.4 Å². The van der Waals surface area contributed by atoms with Crippen molar-refractivity contribution in [3.05, 3.63) is 23.8 Å². The Labute approximate surface area is 124 Å². The smallest absolute Gasteiger partial charge is 0.257 e. The topological polar surface area (TPSA) is 50.8 Å². The van der Waals surface area contributed by atoms with E-state index in [-0.39, 0.29) is 24.4 Å². The van der Waals surface area contributed by atoms with Crippen LogP contribution in [0.3, 0.4) is 0 Å². The Morgan fingerprint density at radius 3 is 2.90 bits per heavy atom. The van der Waals surface area contributed by atoms with Gasteiger partial charge < -0.3 is 19.7 Å². The fourth-order valence-corrected chi connectivity index (χ4v) is 2.57. The fourth-order valence-electron chi connectivity index (χ4n) is 2.57. The molecule has 110 valence electrons. The second kappa shape index (κ2) is 6.33. The maximum atomic E-state index is 12.6. The Hall–Kier alpha value is -1.46. The maximum absolute atomic E-state index is 12.6. The molecular formula is C14H19ClN2O3. The lowest BCUT2D eigenvalue weighted by Gasteiger charge is -2.26. The highest BCUT2D eigenvalue weighted by molar-refractivity contribution is 5.98. The number of benzene rings is 1. The molecule has 1 amide bonds. The quantitative estimate of drug-likeness (QED) is 0.894. The monoisotopic (exact) mass is 298 g/mol. The second-order valence-corrected chi connectivity index (χ2v) is 4.89. The minimum Gasteiger partial charge on any atom is -0.486 e. The Bertz CT molecular complexity index is 489. The predicted molar refractivity (Wildman–Crippen MR) is 78.0 cm³/mol. The van der Waals surface area contributed by atoms with Crippen molar-refractivity contribution in [1.82, 2.24) is 10.2 Å². The van der Waals surface area contributed by atoms with Crippen LogP contribution in [-0.4, -0.2) is 50.2 Å². The second-order valence-electron chi connectivity index (χ2n) is 4.89. The molecule has 6 heteroatoms. The summed E-state index contributed by atoms with van der Waals surface area (Å²) in [5, 5.41) is 3.27. The van der Waals surface area contributed by atoms with Crippen LogP contribution >= 0.6 is 12.4 Å². The van der Waals surface area contributed by atoms with Gasteiger partial charge >= 0.3 is 0 Å². The van der Waals surface area contributed by atoms with Crippen LogP contribution in [0.25, 0.3) is 0 Å². The third-order valence-corrected chi connectivity index (χ3v) is 3.70. The van der Waals surface area contributed by atoms with Crippen molar-refractivity contribution < 1.29 is 14.3 Å². The highest BCUT2D eigenvalue weighted by atomic mass is 35.5. The lowest BCUT2D eigenvalue weighted by atomic mass is 10.1. The van der Waals surface area contributed by atoms with Gasteiger partial charge in [0.2, 0.25) is 0 Å². The molecule has 1 saturated heterocycles. The Kier molecular flexibility index (Phi) is 4.73. The minimum atomic E-state index is -0.00366. The Morgan fingerprint density at radius 1 is 1.35 bits per heavy atom. The largest absolute Gasteiger partial charge is 0.486 e. The zero-order valence-corrected chi connectivity index (χ0v) is 12.2. The number of hydrogen-bond acceptors (Lipinski definition) is 4. The van der Waals surface area contributed by atoms with Crippen molar-refractivity contribution >= 4 is 18.3 Å². The lowest BCUT2D eigenvalue weighted by molar-refractivity contribution is 0.0733. The number of ether oxygens (including phenoxy) is 2. The first-order valence-electron chi connectivity index (χ1n) is 6.64. The molecule has 0 aromatic heterocycles. The molecule has 0 bridgehead atoms. The van der Waals surface area contributed by atoms with Crippen LogP contribution in [0, 0.1) is 0 Å². The standard InChI is InChI=1S/C14H18N2O3.ClH/c1-16(10-5-6-15-9-10)14(17)11-3-2-4-12-13(11)19-8-7-18-12;/h2-4,10,15H,5-9H2,1H3;1H. The van der Waals surface area contributed by atoms with Gasteiger partial charge in [0, 0.05) is 19.6 Å². The average Bonchev–Trinajstić information content (AvgIpc) is 2.99. The van der Waals surface area contributed by atoms with Crippen LogP contribution < -0.4 is 14.8 Å². The Balaban J connectivity index is 0.00000147. The van der Waals surface area contributed by atoms with Gasteiger partial charge in [-0.25, -0.2) is 0 Å². The highest BCUT2D eigenvalue weighted by Gasteiger charge is 2.27. The van der Waals surface area contributed by atoms with E-state index in [0.717, 1.165) is 19.5 Å². The molecule has 1 aromatic carbocycles. The third-order valence-electron chi connectivity index (χ3n) is 3.70. The van der Waals surface area contributed by atoms with Crippen molar-refractivity contribution in [2.75, 3.05) is 33.4 Å². The molecule has 2 aliphatic rings. The number of fused-ring (bicyclic) bond motifs is 1. The van der Waals surface area contributed by atoms with Crippen molar-refractivity contribution in [3.63, 3.8) is 0 Å². The van der Waals surface area contributed by atoms with Crippen LogP contribution in [0.5, 0.6) is 11.5 Å². The van der Waals surface area contributed by atoms with Gasteiger partial charge in [-0.05, 0) is 25.1 Å². The van der Waals surface area contributed by atoms with E-state index < -0.39 is 0 Å². The Morgan fingerprint density at radius 2 is 2.15 bits per heavy atom. The number of carbonyl (C=O) groups is 1. The number of para-hydroxylation sites is 1. The molecule has 5 nitrogen and oxygen atoms in total. The van der Waals surface area contributed by atoms with Gasteiger partial charge in [0.05, 0.1) is 5.56 Å². The fraction of sp³-hybridized carbons (Fsp3) is 0.500. The normalized spacial score (nSPS) is 20.1. The van der Waals surface area contributed by atoms with Crippen LogP contribution in [0.15, 0.2) is 18.2 Å². The number of nitrogens with one attached hydrogen (secondary N) is 1. The number of likely N-dealkylation sites (N-methyl/N-ethyl adjacent to an activating group) is 1. The third kappa shape index (κ3) is 2.69. The number of amides is 1. The number of hydrogen-bond donors (Lipinski definition) is 1. The average molecular weight is 299 g/mol. The van der Waals surface area contributed by atoms with Crippen LogP contribution in [0.2, 0.25) is 0 Å². The molecule has 1 N–H and O–H groups in total. The maximum Gasteiger partial charge on any atom is 0.257 e. The van der Waals surface area contributed by atoms with Crippen molar-refractivity contribution in [3.8, 4) is 11.5 Å². The molecule has 1 aromatic rings. The first-order valence-corrected chi connectivity index (χ1v) is 6.64. The summed E-state index contributed by atoms with van der Waals surface area (Å²) >= 11 is 0. The first-order chi connectivity index (χ1) is 9.27. The summed E-state index contributed by atoms with van der Waals surface area (Å²) in [6.45, 7) is 2.85. The molecule has 2 heterocycles. The molecule has 1 fully saturated rings. The van der Waals surface area contributed by atoms with Crippen molar-refractivity contribution in [2.24, 2.45) is 0 Å². The van der Waals surface area contributed by atoms with Crippen LogP contribution in [0.4, 0.5) is 0 Å². The van der Waals surface area contributed by atoms with Gasteiger partial charge in [-0.2, -0.15) is 0 Å². The number of rotatable bonds is 2. The zero-order valence-electron chi connectivity index (χ0n) is 11.4. The van der Waals surface area contributed by atoms with E-state index in [1.165, 1.54) is 0 Å². The summed E-state index contributed by atoms with van der Waals surface area (Å²) in [6.07, 6.45) is 0.995. The molecule has 0 radical (unpaired) electrons. The van der Waals surface area contributed by atoms with Crippen LogP contribution in [0.1, 0.15) is 16.8 Å². The summed E-state index contributed by atoms with van der Waals surface area (Å²) in [5.74, 6) is 1.24. The van der Waals surface area contributed by atoms with E-state index in [2.05, 4.69) is 5.32 Å². The minimum absolute atomic E-state index is 0. The summed E-state index contributed by atoms with van der Waals surface area (Å²) in [5.41, 5.74) is 0.589. The number of halogens is 1. The van der Waals surface area contributed by atoms with Crippen molar-refractivity contribution in [2.45, 2.75) is 12.5 Å². The predicted octanol–water partition coefficient (Wildman–Crippen LogP) is 1.31. The van der Waals surface area contributed by atoms with Crippen molar-refractivity contribution in [1.29, 1.82) is 0 Å². The van der Waals surface area contributed by atoms with E-state index in [1.807, 2.05) is 19.2 Å². The molecule has 20 heavy (non-hydrogen) atoms. The van der Waals surface area contributed by atoms with E-state index in [1.54, 1.807) is 11.0 Å². The highest BCUT2D eigenvalue weighted by Crippen LogP contribution is 2.34. The zero-order chi connectivity index (χ0) is 13.2. The van der Waals surface area contributed by atoms with Gasteiger partial charge in [-0.1, -0.05) is 6.07 Å². The van der Waals surface area contributed by atoms with Gasteiger partial charge in [0.25, 0.3) is 5.91 Å². The van der Waals surface area contributed by atoms with E-state index in [4.69, 9.17) is 9.47 Å². The van der Waals surface area contributed by atoms with E-state index >= 15 is 0 Å². The van der Waals surface area contributed by atoms with Gasteiger partial charge in [-0.3, -0.25) is 4.79 Å². The summed E-state index contributed by atoms with van der Waals surface area (Å²) in [6, 6.07) is 5.73. The molecule has 1 atom stereocenters. The first kappa shape index (κ1) is 14.9. The molecule has 0 spiro atoms. The van der Waals surface area contributed by atoms with Crippen LogP contribution in [-0.2, 0) is 0 Å². The molecular weight excluding hydrogens is 280 g/mol. The SMILES string of the molecule is CN(C(=O)c1cccc2c1OCCO2)C1CCNC1.Cl. The number of nitrogens with zero attached hydrogens (tertiary/aromatic N) is 1. The molecule has 3 rings (SSSR count). The number of carbonyl (C=O) groups excluding carboxylic acids is 1. The van der Waals surface area contributed by atoms with Gasteiger partial charge in [0.15, 0.2) is 11.5 Å². The summed E-state index contributed by atoms with van der Waals surface area (Å²) < 4.78 is 11.1. The van der Waals surface area contributed by atoms with E-state index in [0.29, 0.717) is 30.3 Å². The van der Waals surface area contributed by atoms with Gasteiger partial charge in [0.1, 0.15) is 13.2 Å². The molecule has 0 aliphatic carbocycles. The molecule has 1 unspecified atom stereocenters. The molecule has 2 aliphatic heterocycles.